The summed E-state index contributed by atoms with van der Waals surface area (Å²) < 4.78 is 72.4. The number of methoxy groups -OCH3 is 1. The quantitative estimate of drug-likeness (QED) is 0.0383. The number of carbonyl (C=O) groups is 1. The van der Waals surface area contributed by atoms with E-state index < -0.39 is 213 Å². The lowest BCUT2D eigenvalue weighted by Gasteiger charge is -2.64. The minimum atomic E-state index is -2.02. The molecule has 14 N–H and O–H groups in total. The number of aliphatic hydroxyl groups excluding tert-OH is 14. The molecular weight excluding hydrogens is 1150 g/mol. The van der Waals surface area contributed by atoms with E-state index in [9.17, 15) is 76.3 Å². The molecule has 0 bridgehead atoms. The summed E-state index contributed by atoms with van der Waals surface area (Å²) in [6.45, 7) is 13.7. The van der Waals surface area contributed by atoms with Crippen molar-refractivity contribution in [2.45, 2.75) is 278 Å². The van der Waals surface area contributed by atoms with E-state index in [2.05, 4.69) is 48.5 Å². The Bertz CT molecular complexity index is 2390. The van der Waals surface area contributed by atoms with Gasteiger partial charge in [0.15, 0.2) is 31.5 Å². The van der Waals surface area contributed by atoms with E-state index in [0.717, 1.165) is 50.5 Å². The summed E-state index contributed by atoms with van der Waals surface area (Å²) in [6.07, 6.45) is -32.7. The van der Waals surface area contributed by atoms with Gasteiger partial charge in [-0.15, -0.1) is 0 Å². The van der Waals surface area contributed by atoms with Crippen molar-refractivity contribution in [2.24, 2.45) is 45.3 Å². The van der Waals surface area contributed by atoms with Gasteiger partial charge in [-0.25, -0.2) is 0 Å². The summed E-state index contributed by atoms with van der Waals surface area (Å²) >= 11 is 0. The van der Waals surface area contributed by atoms with Gasteiger partial charge in [-0.3, -0.25) is 4.79 Å². The van der Waals surface area contributed by atoms with Crippen molar-refractivity contribution in [1.29, 1.82) is 0 Å². The molecule has 0 amide bonds. The predicted molar refractivity (Wildman–Crippen MR) is 294 cm³/mol. The maximum Gasteiger partial charge on any atom is 0.316 e. The Kier molecular flexibility index (Phi) is 20.2. The molecule has 4 aliphatic carbocycles. The lowest BCUT2D eigenvalue weighted by Crippen LogP contribution is -2.67. The first-order valence-electron chi connectivity index (χ1n) is 31.3. The zero-order valence-electron chi connectivity index (χ0n) is 51.2. The van der Waals surface area contributed by atoms with Gasteiger partial charge in [0.1, 0.15) is 121 Å². The first-order chi connectivity index (χ1) is 41.0. The van der Waals surface area contributed by atoms with Crippen molar-refractivity contribution in [1.82, 2.24) is 0 Å². The molecule has 6 saturated heterocycles. The summed E-state index contributed by atoms with van der Waals surface area (Å²) in [7, 11) is 1.19. The molecule has 87 heavy (non-hydrogen) atoms. The highest BCUT2D eigenvalue weighted by Gasteiger charge is 2.79. The van der Waals surface area contributed by atoms with E-state index in [1.54, 1.807) is 0 Å². The van der Waals surface area contributed by atoms with E-state index in [0.29, 0.717) is 18.8 Å². The molecule has 33 atom stereocenters. The SMILES string of the molecule is COC1C(O)C(CO)OC(OC2C(O)C(CO)OC(OC3C(C)OC(OC4C(OC5CCC6(C)C7=CC(O)C89C(=O)OC(C)(CCCC(C)C)C8CCC9(C)C7CCC6C5(C)C)OCC(OC5OC(CO)C(O)C(O)C5O)C4O)C(O)C3O)C2O)C1O. The fraction of sp³-hybridized carbons (Fsp3) is 0.950. The van der Waals surface area contributed by atoms with Gasteiger partial charge in [-0.05, 0) is 99.2 Å². The van der Waals surface area contributed by atoms with Crippen LogP contribution in [0, 0.1) is 45.3 Å². The average molecular weight is 1250 g/mol. The molecule has 3 saturated carbocycles. The van der Waals surface area contributed by atoms with Gasteiger partial charge in [0.05, 0.1) is 44.7 Å². The van der Waals surface area contributed by atoms with Crippen LogP contribution in [-0.4, -0.2) is 276 Å². The van der Waals surface area contributed by atoms with Crippen LogP contribution in [0.5, 0.6) is 0 Å². The number of rotatable bonds is 18. The fourth-order valence-electron chi connectivity index (χ4n) is 17.7. The van der Waals surface area contributed by atoms with Crippen LogP contribution in [-0.2, 0) is 61.6 Å². The Morgan fingerprint density at radius 1 is 0.575 bits per heavy atom. The lowest BCUT2D eigenvalue weighted by atomic mass is 9.40. The second-order valence-corrected chi connectivity index (χ2v) is 28.2. The number of fused-ring (bicyclic) bond motifs is 4. The van der Waals surface area contributed by atoms with Crippen LogP contribution in [0.1, 0.15) is 113 Å². The van der Waals surface area contributed by atoms with Gasteiger partial charge >= 0.3 is 5.97 Å². The Morgan fingerprint density at radius 2 is 1.14 bits per heavy atom. The third-order valence-electron chi connectivity index (χ3n) is 22.5. The molecule has 1 spiro atoms. The number of hydrogen-bond donors (Lipinski definition) is 14. The number of carbonyl (C=O) groups excluding carboxylic acids is 1. The molecular formula is C60H98O27. The van der Waals surface area contributed by atoms with Crippen LogP contribution in [0.15, 0.2) is 11.6 Å². The van der Waals surface area contributed by atoms with Crippen LogP contribution in [0.4, 0.5) is 0 Å². The van der Waals surface area contributed by atoms with Crippen LogP contribution < -0.4 is 0 Å². The molecule has 9 fully saturated rings. The van der Waals surface area contributed by atoms with Gasteiger partial charge in [-0.1, -0.05) is 59.6 Å². The van der Waals surface area contributed by atoms with Crippen molar-refractivity contribution in [3.8, 4) is 0 Å². The first kappa shape index (κ1) is 68.1. The zero-order valence-corrected chi connectivity index (χ0v) is 51.2. The fourth-order valence-corrected chi connectivity index (χ4v) is 17.7. The summed E-state index contributed by atoms with van der Waals surface area (Å²) in [5.41, 5.74) is -2.27. The second kappa shape index (κ2) is 25.8. The van der Waals surface area contributed by atoms with Crippen LogP contribution in [0.2, 0.25) is 0 Å². The molecule has 33 unspecified atom stereocenters. The van der Waals surface area contributed by atoms with Crippen molar-refractivity contribution in [3.05, 3.63) is 11.6 Å². The van der Waals surface area contributed by atoms with Crippen LogP contribution >= 0.6 is 0 Å². The highest BCUT2D eigenvalue weighted by Crippen LogP contribution is 2.76. The number of hydrogen-bond acceptors (Lipinski definition) is 27. The van der Waals surface area contributed by atoms with Gasteiger partial charge in [0.25, 0.3) is 0 Å². The van der Waals surface area contributed by atoms with E-state index >= 15 is 0 Å². The summed E-state index contributed by atoms with van der Waals surface area (Å²) in [4.78, 5) is 14.5. The molecule has 10 aliphatic rings. The number of esters is 1. The van der Waals surface area contributed by atoms with E-state index in [1.165, 1.54) is 14.0 Å². The Labute approximate surface area is 506 Å². The highest BCUT2D eigenvalue weighted by atomic mass is 16.8. The van der Waals surface area contributed by atoms with Crippen molar-refractivity contribution in [3.63, 3.8) is 0 Å². The van der Waals surface area contributed by atoms with E-state index in [-0.39, 0.29) is 23.7 Å². The molecule has 27 nitrogen and oxygen atoms in total. The smallest absolute Gasteiger partial charge is 0.316 e. The van der Waals surface area contributed by atoms with Gasteiger partial charge < -0.3 is 128 Å². The number of cyclic esters (lactones) is 1. The van der Waals surface area contributed by atoms with Gasteiger partial charge in [0.2, 0.25) is 0 Å². The monoisotopic (exact) mass is 1250 g/mol. The number of aliphatic hydroxyl groups is 14. The molecule has 0 aromatic heterocycles. The average Bonchev–Trinajstić information content (AvgIpc) is 1.54. The Balaban J connectivity index is 0.870. The van der Waals surface area contributed by atoms with Crippen molar-refractivity contribution >= 4 is 5.97 Å². The molecule has 6 heterocycles. The Morgan fingerprint density at radius 3 is 1.76 bits per heavy atom. The maximum atomic E-state index is 14.5. The van der Waals surface area contributed by atoms with E-state index in [1.807, 2.05) is 6.08 Å². The minimum absolute atomic E-state index is 0.00123. The summed E-state index contributed by atoms with van der Waals surface area (Å²) in [5.74, 6) is 0.0322. The minimum Gasteiger partial charge on any atom is -0.459 e. The first-order valence-corrected chi connectivity index (χ1v) is 31.3. The molecule has 0 aromatic carbocycles. The number of ether oxygens (including phenoxy) is 12. The van der Waals surface area contributed by atoms with Crippen molar-refractivity contribution in [2.75, 3.05) is 33.5 Å². The summed E-state index contributed by atoms with van der Waals surface area (Å²) in [6, 6.07) is 0. The molecule has 27 heteroatoms. The van der Waals surface area contributed by atoms with Gasteiger partial charge in [-0.2, -0.15) is 0 Å². The predicted octanol–water partition coefficient (Wildman–Crippen LogP) is -2.51. The molecule has 10 rings (SSSR count). The van der Waals surface area contributed by atoms with E-state index in [4.69, 9.17) is 56.8 Å². The maximum absolute atomic E-state index is 14.5. The van der Waals surface area contributed by atoms with Crippen LogP contribution in [0.25, 0.3) is 0 Å². The van der Waals surface area contributed by atoms with Gasteiger partial charge in [0, 0.05) is 13.0 Å². The molecule has 0 aromatic rings. The topological polar surface area (TPSA) is 411 Å². The summed E-state index contributed by atoms with van der Waals surface area (Å²) in [5, 5.41) is 155. The zero-order chi connectivity index (χ0) is 63.4. The third kappa shape index (κ3) is 11.4. The molecule has 500 valence electrons. The largest absolute Gasteiger partial charge is 0.459 e. The van der Waals surface area contributed by atoms with Crippen molar-refractivity contribution < 1.29 is 133 Å². The standard InChI is InChI=1S/C60H98O27/c1-24(2)11-10-16-59(8)33-14-18-58(7)26-12-13-32-56(4,5)35(15-17-57(32,6)27(26)19-34(64)60(33,58)55(75)87-59)83-54-49(39(68)31(23-77-54)82-51-42(71)40(69)36(65)28(20-61)79-51)86-50-43(72)41(70)46(25(3)78-50)84-53-45(74)48(38(67)30(22-63)81-53)85-52-44(73)47(76-9)37(66)29(21-62)80-52/h19,24-26,28-54,61-74H,10-18,20-23H2,1-9H3. The second-order valence-electron chi connectivity index (χ2n) is 28.2. The Hall–Kier alpha value is -1.79. The molecule has 6 aliphatic heterocycles. The normalized spacial score (nSPS) is 53.2. The molecule has 0 radical (unpaired) electrons. The highest BCUT2D eigenvalue weighted by molar-refractivity contribution is 5.84. The van der Waals surface area contributed by atoms with Crippen LogP contribution in [0.3, 0.4) is 0 Å². The third-order valence-corrected chi connectivity index (χ3v) is 22.5. The number of allylic oxidation sites excluding steroid dienone is 1. The lowest BCUT2D eigenvalue weighted by molar-refractivity contribution is -0.394.